The summed E-state index contributed by atoms with van der Waals surface area (Å²) in [6, 6.07) is 7.07. The standard InChI is InChI=1S/C18H25N5O5/c1-9-3-5-10(6-4-9)18(20,17(27)21-2)14-15(19)23(8-22-14)16-13(26)12(25)11(7-24)28-16/h3-6,8,11-13,16,24-26H,7,19-20H2,1-2H3,(H,21,27)/t11-,12-,13-,16-,18?/m1/s1. The summed E-state index contributed by atoms with van der Waals surface area (Å²) in [5, 5.41) is 32.0. The molecule has 1 unspecified atom stereocenters. The lowest BCUT2D eigenvalue weighted by atomic mass is 9.86. The Hall–Kier alpha value is -2.50. The summed E-state index contributed by atoms with van der Waals surface area (Å²) in [7, 11) is 1.46. The van der Waals surface area contributed by atoms with Crippen molar-refractivity contribution in [3.8, 4) is 0 Å². The number of amides is 1. The van der Waals surface area contributed by atoms with E-state index in [1.165, 1.54) is 17.9 Å². The van der Waals surface area contributed by atoms with Crippen molar-refractivity contribution in [1.82, 2.24) is 14.9 Å². The molecule has 10 heteroatoms. The van der Waals surface area contributed by atoms with E-state index in [-0.39, 0.29) is 11.5 Å². The number of ether oxygens (including phenoxy) is 1. The number of aliphatic hydroxyl groups is 3. The zero-order valence-corrected chi connectivity index (χ0v) is 15.6. The number of rotatable bonds is 5. The minimum Gasteiger partial charge on any atom is -0.394 e. The summed E-state index contributed by atoms with van der Waals surface area (Å²) in [5.74, 6) is -0.518. The van der Waals surface area contributed by atoms with Gasteiger partial charge < -0.3 is 36.8 Å². The Morgan fingerprint density at radius 3 is 2.50 bits per heavy atom. The molecule has 28 heavy (non-hydrogen) atoms. The molecule has 1 aromatic carbocycles. The Bertz CT molecular complexity index is 855. The van der Waals surface area contributed by atoms with Crippen LogP contribution in [0.3, 0.4) is 0 Å². The first-order valence-corrected chi connectivity index (χ1v) is 8.79. The van der Waals surface area contributed by atoms with Crippen molar-refractivity contribution in [2.45, 2.75) is 37.0 Å². The number of nitrogens with zero attached hydrogens (tertiary/aromatic N) is 2. The number of carbonyl (C=O) groups excluding carboxylic acids is 1. The molecule has 152 valence electrons. The van der Waals surface area contributed by atoms with Crippen LogP contribution < -0.4 is 16.8 Å². The third-order valence-electron chi connectivity index (χ3n) is 5.09. The van der Waals surface area contributed by atoms with E-state index < -0.39 is 42.6 Å². The van der Waals surface area contributed by atoms with Crippen LogP contribution in [0.5, 0.6) is 0 Å². The number of hydrogen-bond acceptors (Lipinski definition) is 8. The second-order valence-electron chi connectivity index (χ2n) is 6.87. The number of imidazole rings is 1. The molecule has 1 amide bonds. The molecule has 1 saturated heterocycles. The van der Waals surface area contributed by atoms with Crippen molar-refractivity contribution in [2.24, 2.45) is 5.73 Å². The number of carbonyl (C=O) groups is 1. The van der Waals surface area contributed by atoms with Crippen LogP contribution in [0.25, 0.3) is 0 Å². The molecule has 1 aliphatic heterocycles. The maximum atomic E-state index is 12.7. The van der Waals surface area contributed by atoms with Crippen molar-refractivity contribution in [3.05, 3.63) is 47.4 Å². The van der Waals surface area contributed by atoms with Crippen LogP contribution in [0.1, 0.15) is 23.0 Å². The monoisotopic (exact) mass is 391 g/mol. The molecule has 0 saturated carbocycles. The summed E-state index contributed by atoms with van der Waals surface area (Å²) < 4.78 is 6.78. The number of hydrogen-bond donors (Lipinski definition) is 6. The van der Waals surface area contributed by atoms with Crippen LogP contribution in [-0.4, -0.2) is 62.7 Å². The average Bonchev–Trinajstić information content (AvgIpc) is 3.21. The fraction of sp³-hybridized carbons (Fsp3) is 0.444. The zero-order valence-electron chi connectivity index (χ0n) is 15.6. The van der Waals surface area contributed by atoms with Gasteiger partial charge in [0, 0.05) is 7.05 Å². The second kappa shape index (κ2) is 7.49. The molecule has 8 N–H and O–H groups in total. The van der Waals surface area contributed by atoms with Crippen molar-refractivity contribution >= 4 is 11.7 Å². The van der Waals surface area contributed by atoms with Gasteiger partial charge in [0.05, 0.1) is 12.9 Å². The van der Waals surface area contributed by atoms with Gasteiger partial charge in [0.25, 0.3) is 5.91 Å². The number of aromatic nitrogens is 2. The van der Waals surface area contributed by atoms with Gasteiger partial charge in [-0.3, -0.25) is 9.36 Å². The SMILES string of the molecule is CNC(=O)C(N)(c1ccc(C)cc1)c1ncn([C@@H]2O[C@H](CO)[C@@H](O)[C@H]2O)c1N. The maximum Gasteiger partial charge on any atom is 0.250 e. The van der Waals surface area contributed by atoms with Gasteiger partial charge in [0.15, 0.2) is 11.8 Å². The van der Waals surface area contributed by atoms with Gasteiger partial charge in [0.1, 0.15) is 29.8 Å². The quantitative estimate of drug-likeness (QED) is 0.352. The topological polar surface area (TPSA) is 169 Å². The van der Waals surface area contributed by atoms with Crippen molar-refractivity contribution in [1.29, 1.82) is 0 Å². The molecule has 3 rings (SSSR count). The third-order valence-corrected chi connectivity index (χ3v) is 5.09. The summed E-state index contributed by atoms with van der Waals surface area (Å²) in [4.78, 5) is 16.9. The van der Waals surface area contributed by atoms with Crippen LogP contribution in [0.15, 0.2) is 30.6 Å². The highest BCUT2D eigenvalue weighted by Crippen LogP contribution is 2.36. The molecule has 0 spiro atoms. The number of nitrogens with two attached hydrogens (primary N) is 2. The highest BCUT2D eigenvalue weighted by molar-refractivity contribution is 5.91. The van der Waals surface area contributed by atoms with Gasteiger partial charge >= 0.3 is 0 Å². The molecule has 2 heterocycles. The van der Waals surface area contributed by atoms with E-state index in [1.54, 1.807) is 12.1 Å². The van der Waals surface area contributed by atoms with Crippen molar-refractivity contribution in [2.75, 3.05) is 19.4 Å². The number of aliphatic hydroxyl groups excluding tert-OH is 3. The Labute approximate surface area is 161 Å². The summed E-state index contributed by atoms with van der Waals surface area (Å²) >= 11 is 0. The maximum absolute atomic E-state index is 12.7. The van der Waals surface area contributed by atoms with Crippen molar-refractivity contribution in [3.63, 3.8) is 0 Å². The number of nitrogens with one attached hydrogen (secondary N) is 1. The number of likely N-dealkylation sites (N-methyl/N-ethyl adjacent to an activating group) is 1. The van der Waals surface area contributed by atoms with Gasteiger partial charge in [-0.1, -0.05) is 29.8 Å². The van der Waals surface area contributed by atoms with Crippen LogP contribution >= 0.6 is 0 Å². The van der Waals surface area contributed by atoms with E-state index in [9.17, 15) is 20.1 Å². The molecular weight excluding hydrogens is 366 g/mol. The second-order valence-corrected chi connectivity index (χ2v) is 6.87. The van der Waals surface area contributed by atoms with Crippen LogP contribution in [-0.2, 0) is 15.1 Å². The Morgan fingerprint density at radius 1 is 1.32 bits per heavy atom. The number of anilines is 1. The van der Waals surface area contributed by atoms with E-state index in [4.69, 9.17) is 16.2 Å². The van der Waals surface area contributed by atoms with E-state index in [0.29, 0.717) is 5.56 Å². The molecule has 1 aliphatic rings. The minimum atomic E-state index is -1.68. The molecule has 0 aliphatic carbocycles. The molecule has 10 nitrogen and oxygen atoms in total. The first-order valence-electron chi connectivity index (χ1n) is 8.79. The van der Waals surface area contributed by atoms with Gasteiger partial charge in [-0.25, -0.2) is 4.98 Å². The predicted molar refractivity (Wildman–Crippen MR) is 99.9 cm³/mol. The summed E-state index contributed by atoms with van der Waals surface area (Å²) in [6.45, 7) is 1.44. The molecule has 0 bridgehead atoms. The smallest absolute Gasteiger partial charge is 0.250 e. The molecular formula is C18H25N5O5. The van der Waals surface area contributed by atoms with Gasteiger partial charge in [-0.2, -0.15) is 0 Å². The van der Waals surface area contributed by atoms with Gasteiger partial charge in [0.2, 0.25) is 0 Å². The van der Waals surface area contributed by atoms with Crippen LogP contribution in [0.4, 0.5) is 5.82 Å². The van der Waals surface area contributed by atoms with Gasteiger partial charge in [-0.15, -0.1) is 0 Å². The molecule has 2 aromatic rings. The highest BCUT2D eigenvalue weighted by atomic mass is 16.6. The number of aryl methyl sites for hydroxylation is 1. The van der Waals surface area contributed by atoms with Crippen molar-refractivity contribution < 1.29 is 24.9 Å². The summed E-state index contributed by atoms with van der Waals surface area (Å²) in [5.41, 5.74) is 12.6. The minimum absolute atomic E-state index is 0.00140. The van der Waals surface area contributed by atoms with Gasteiger partial charge in [-0.05, 0) is 12.5 Å². The normalized spacial score (nSPS) is 26.8. The first-order chi connectivity index (χ1) is 13.2. The lowest BCUT2D eigenvalue weighted by Crippen LogP contribution is -2.52. The lowest BCUT2D eigenvalue weighted by molar-refractivity contribution is -0.124. The Kier molecular flexibility index (Phi) is 5.41. The predicted octanol–water partition coefficient (Wildman–Crippen LogP) is -1.67. The Morgan fingerprint density at radius 2 is 1.96 bits per heavy atom. The van der Waals surface area contributed by atoms with E-state index in [1.807, 2.05) is 19.1 Å². The lowest BCUT2D eigenvalue weighted by Gasteiger charge is -2.27. The van der Waals surface area contributed by atoms with E-state index in [2.05, 4.69) is 10.3 Å². The number of benzene rings is 1. The number of nitrogen functional groups attached to an aromatic ring is 1. The zero-order chi connectivity index (χ0) is 20.6. The molecule has 5 atom stereocenters. The largest absolute Gasteiger partial charge is 0.394 e. The van der Waals surface area contributed by atoms with E-state index in [0.717, 1.165) is 5.56 Å². The fourth-order valence-corrected chi connectivity index (χ4v) is 3.38. The molecule has 1 fully saturated rings. The average molecular weight is 391 g/mol. The first kappa shape index (κ1) is 20.2. The van der Waals surface area contributed by atoms with Crippen LogP contribution in [0.2, 0.25) is 0 Å². The highest BCUT2D eigenvalue weighted by Gasteiger charge is 2.46. The summed E-state index contributed by atoms with van der Waals surface area (Å²) in [6.07, 6.45) is -3.40. The molecule has 0 radical (unpaired) electrons. The third kappa shape index (κ3) is 3.05. The van der Waals surface area contributed by atoms with Crippen LogP contribution in [0, 0.1) is 6.92 Å². The molecule has 1 aromatic heterocycles. The van der Waals surface area contributed by atoms with E-state index >= 15 is 0 Å². The fourth-order valence-electron chi connectivity index (χ4n) is 3.38. The Balaban J connectivity index is 2.07.